The molecule has 13 heavy (non-hydrogen) atoms. The van der Waals surface area contributed by atoms with Crippen LogP contribution in [0.15, 0.2) is 0 Å². The molecule has 1 aliphatic carbocycles. The Hall–Kier alpha value is -0.0800. The summed E-state index contributed by atoms with van der Waals surface area (Å²) in [5.41, 5.74) is 0.679. The van der Waals surface area contributed by atoms with Gasteiger partial charge in [-0.3, -0.25) is 0 Å². The largest absolute Gasteiger partial charge is 0.377 e. The highest BCUT2D eigenvalue weighted by Crippen LogP contribution is 2.47. The molecule has 2 heteroatoms. The summed E-state index contributed by atoms with van der Waals surface area (Å²) in [6, 6.07) is 0. The van der Waals surface area contributed by atoms with Gasteiger partial charge < -0.3 is 10.1 Å². The predicted octanol–water partition coefficient (Wildman–Crippen LogP) is 1.95. The first-order valence-electron chi connectivity index (χ1n) is 5.67. The zero-order valence-corrected chi connectivity index (χ0v) is 8.64. The van der Waals surface area contributed by atoms with Crippen LogP contribution < -0.4 is 5.32 Å². The Balaban J connectivity index is 1.58. The summed E-state index contributed by atoms with van der Waals surface area (Å²) < 4.78 is 5.56. The lowest BCUT2D eigenvalue weighted by molar-refractivity contribution is 0.109. The van der Waals surface area contributed by atoms with Gasteiger partial charge >= 0.3 is 0 Å². The van der Waals surface area contributed by atoms with Crippen LogP contribution in [0.2, 0.25) is 0 Å². The van der Waals surface area contributed by atoms with Crippen molar-refractivity contribution in [3.63, 3.8) is 0 Å². The van der Waals surface area contributed by atoms with E-state index < -0.39 is 0 Å². The number of rotatable bonds is 5. The topological polar surface area (TPSA) is 21.3 Å². The number of nitrogens with one attached hydrogen (secondary N) is 1. The van der Waals surface area contributed by atoms with Crippen LogP contribution in [0.4, 0.5) is 0 Å². The van der Waals surface area contributed by atoms with Crippen molar-refractivity contribution >= 4 is 0 Å². The van der Waals surface area contributed by atoms with E-state index in [0.29, 0.717) is 11.5 Å². The summed E-state index contributed by atoms with van der Waals surface area (Å²) in [5.74, 6) is 0. The maximum absolute atomic E-state index is 5.56. The van der Waals surface area contributed by atoms with E-state index in [9.17, 15) is 0 Å². The van der Waals surface area contributed by atoms with E-state index in [1.165, 1.54) is 38.6 Å². The third-order valence-electron chi connectivity index (χ3n) is 3.60. The summed E-state index contributed by atoms with van der Waals surface area (Å²) in [5, 5.41) is 3.56. The SMILES string of the molecule is CCC1(CNCC2CCCO2)CC1. The highest BCUT2D eigenvalue weighted by molar-refractivity contribution is 4.93. The number of hydrogen-bond donors (Lipinski definition) is 1. The van der Waals surface area contributed by atoms with Crippen LogP contribution in [0, 0.1) is 5.41 Å². The zero-order chi connectivity index (χ0) is 9.15. The first kappa shape index (κ1) is 9.47. The van der Waals surface area contributed by atoms with Crippen LogP contribution in [-0.2, 0) is 4.74 Å². The third-order valence-corrected chi connectivity index (χ3v) is 3.60. The average molecular weight is 183 g/mol. The van der Waals surface area contributed by atoms with Crippen LogP contribution in [0.25, 0.3) is 0 Å². The summed E-state index contributed by atoms with van der Waals surface area (Å²) in [6.45, 7) is 5.57. The Bertz CT molecular complexity index is 159. The molecule has 1 aliphatic heterocycles. The lowest BCUT2D eigenvalue weighted by Gasteiger charge is -2.15. The Morgan fingerprint density at radius 1 is 1.46 bits per heavy atom. The van der Waals surface area contributed by atoms with E-state index in [4.69, 9.17) is 4.74 Å². The van der Waals surface area contributed by atoms with Crippen molar-refractivity contribution in [2.45, 2.75) is 45.1 Å². The van der Waals surface area contributed by atoms with Crippen LogP contribution >= 0.6 is 0 Å². The molecule has 0 amide bonds. The van der Waals surface area contributed by atoms with Crippen LogP contribution in [0.3, 0.4) is 0 Å². The van der Waals surface area contributed by atoms with Crippen molar-refractivity contribution in [3.05, 3.63) is 0 Å². The Labute approximate surface area is 81.0 Å². The lowest BCUT2D eigenvalue weighted by atomic mass is 10.0. The predicted molar refractivity (Wildman–Crippen MR) is 53.8 cm³/mol. The molecule has 0 spiro atoms. The minimum Gasteiger partial charge on any atom is -0.377 e. The van der Waals surface area contributed by atoms with Crippen molar-refractivity contribution in [1.82, 2.24) is 5.32 Å². The highest BCUT2D eigenvalue weighted by Gasteiger charge is 2.40. The summed E-state index contributed by atoms with van der Waals surface area (Å²) >= 11 is 0. The van der Waals surface area contributed by atoms with Crippen molar-refractivity contribution in [2.75, 3.05) is 19.7 Å². The second-order valence-corrected chi connectivity index (χ2v) is 4.62. The molecule has 0 aromatic heterocycles. The molecule has 2 aliphatic rings. The van der Waals surface area contributed by atoms with Gasteiger partial charge in [0, 0.05) is 19.7 Å². The molecule has 0 bridgehead atoms. The van der Waals surface area contributed by atoms with Gasteiger partial charge in [-0.2, -0.15) is 0 Å². The monoisotopic (exact) mass is 183 g/mol. The van der Waals surface area contributed by atoms with Crippen molar-refractivity contribution < 1.29 is 4.74 Å². The minimum absolute atomic E-state index is 0.507. The van der Waals surface area contributed by atoms with E-state index in [0.717, 1.165) is 13.2 Å². The Morgan fingerprint density at radius 2 is 2.31 bits per heavy atom. The van der Waals surface area contributed by atoms with E-state index in [2.05, 4.69) is 12.2 Å². The molecule has 0 radical (unpaired) electrons. The molecule has 2 rings (SSSR count). The fourth-order valence-corrected chi connectivity index (χ4v) is 2.14. The molecule has 1 atom stereocenters. The summed E-state index contributed by atoms with van der Waals surface area (Å²) in [6.07, 6.45) is 7.22. The minimum atomic E-state index is 0.507. The number of ether oxygens (including phenoxy) is 1. The molecule has 1 unspecified atom stereocenters. The van der Waals surface area contributed by atoms with Gasteiger partial charge in [-0.05, 0) is 37.5 Å². The molecule has 1 saturated carbocycles. The summed E-state index contributed by atoms with van der Waals surface area (Å²) in [4.78, 5) is 0. The Kier molecular flexibility index (Phi) is 2.89. The molecular formula is C11H21NO. The molecular weight excluding hydrogens is 162 g/mol. The third kappa shape index (κ3) is 2.44. The van der Waals surface area contributed by atoms with Gasteiger partial charge in [0.05, 0.1) is 6.10 Å². The quantitative estimate of drug-likeness (QED) is 0.703. The normalized spacial score (nSPS) is 30.7. The number of hydrogen-bond acceptors (Lipinski definition) is 2. The molecule has 1 N–H and O–H groups in total. The highest BCUT2D eigenvalue weighted by atomic mass is 16.5. The standard InChI is InChI=1S/C11H21NO/c1-2-11(5-6-11)9-12-8-10-4-3-7-13-10/h10,12H,2-9H2,1H3. The van der Waals surface area contributed by atoms with Crippen molar-refractivity contribution in [2.24, 2.45) is 5.41 Å². The fourth-order valence-electron chi connectivity index (χ4n) is 2.14. The fraction of sp³-hybridized carbons (Fsp3) is 1.00. The van der Waals surface area contributed by atoms with Gasteiger partial charge in [0.1, 0.15) is 0 Å². The molecule has 1 heterocycles. The second-order valence-electron chi connectivity index (χ2n) is 4.62. The smallest absolute Gasteiger partial charge is 0.0700 e. The van der Waals surface area contributed by atoms with Gasteiger partial charge in [0.15, 0.2) is 0 Å². The average Bonchev–Trinajstić information content (AvgIpc) is 2.74. The second kappa shape index (κ2) is 3.97. The van der Waals surface area contributed by atoms with Crippen molar-refractivity contribution in [3.8, 4) is 0 Å². The van der Waals surface area contributed by atoms with E-state index >= 15 is 0 Å². The van der Waals surface area contributed by atoms with Crippen LogP contribution in [-0.4, -0.2) is 25.8 Å². The van der Waals surface area contributed by atoms with Gasteiger partial charge in [-0.1, -0.05) is 6.92 Å². The maximum Gasteiger partial charge on any atom is 0.0700 e. The lowest BCUT2D eigenvalue weighted by Crippen LogP contribution is -2.31. The molecule has 1 saturated heterocycles. The molecule has 0 aromatic carbocycles. The van der Waals surface area contributed by atoms with Gasteiger partial charge in [0.2, 0.25) is 0 Å². The van der Waals surface area contributed by atoms with Gasteiger partial charge in [-0.25, -0.2) is 0 Å². The van der Waals surface area contributed by atoms with E-state index in [-0.39, 0.29) is 0 Å². The molecule has 0 aromatic rings. The van der Waals surface area contributed by atoms with Gasteiger partial charge in [-0.15, -0.1) is 0 Å². The van der Waals surface area contributed by atoms with Crippen LogP contribution in [0.5, 0.6) is 0 Å². The molecule has 2 nitrogen and oxygen atoms in total. The molecule has 2 fully saturated rings. The van der Waals surface area contributed by atoms with E-state index in [1.54, 1.807) is 0 Å². The first-order valence-corrected chi connectivity index (χ1v) is 5.67. The Morgan fingerprint density at radius 3 is 2.85 bits per heavy atom. The van der Waals surface area contributed by atoms with Crippen molar-refractivity contribution in [1.29, 1.82) is 0 Å². The van der Waals surface area contributed by atoms with E-state index in [1.807, 2.05) is 0 Å². The van der Waals surface area contributed by atoms with Gasteiger partial charge in [0.25, 0.3) is 0 Å². The van der Waals surface area contributed by atoms with Crippen LogP contribution in [0.1, 0.15) is 39.0 Å². The molecule has 76 valence electrons. The zero-order valence-electron chi connectivity index (χ0n) is 8.64. The first-order chi connectivity index (χ1) is 6.35. The summed E-state index contributed by atoms with van der Waals surface area (Å²) in [7, 11) is 0. The maximum atomic E-state index is 5.56.